The molecule has 24 heavy (non-hydrogen) atoms. The van der Waals surface area contributed by atoms with Gasteiger partial charge < -0.3 is 10.6 Å². The lowest BCUT2D eigenvalue weighted by Gasteiger charge is -2.11. The molecule has 5 nitrogen and oxygen atoms in total. The SMILES string of the molecule is CCC(C)NC(=O)c1cccc(C(=O)Nc2ccc(C)c(C)c2)n1. The van der Waals surface area contributed by atoms with Gasteiger partial charge in [0.25, 0.3) is 11.8 Å². The maximum atomic E-state index is 12.4. The van der Waals surface area contributed by atoms with Crippen LogP contribution in [-0.2, 0) is 0 Å². The predicted molar refractivity (Wildman–Crippen MR) is 95.3 cm³/mol. The average Bonchev–Trinajstić information content (AvgIpc) is 2.58. The van der Waals surface area contributed by atoms with Gasteiger partial charge in [0.2, 0.25) is 0 Å². The van der Waals surface area contributed by atoms with Crippen LogP contribution in [0.15, 0.2) is 36.4 Å². The molecule has 1 heterocycles. The molecule has 0 aliphatic carbocycles. The van der Waals surface area contributed by atoms with Gasteiger partial charge in [-0.25, -0.2) is 4.98 Å². The molecule has 0 saturated carbocycles. The summed E-state index contributed by atoms with van der Waals surface area (Å²) in [5.41, 5.74) is 3.42. The van der Waals surface area contributed by atoms with Crippen molar-refractivity contribution < 1.29 is 9.59 Å². The number of carbonyl (C=O) groups is 2. The van der Waals surface area contributed by atoms with Crippen LogP contribution < -0.4 is 10.6 Å². The summed E-state index contributed by atoms with van der Waals surface area (Å²) in [6.45, 7) is 7.92. The van der Waals surface area contributed by atoms with Crippen molar-refractivity contribution in [1.29, 1.82) is 0 Å². The third-order valence-corrected chi connectivity index (χ3v) is 3.97. The minimum absolute atomic E-state index is 0.0623. The van der Waals surface area contributed by atoms with Gasteiger partial charge in [0, 0.05) is 11.7 Å². The molecule has 2 N–H and O–H groups in total. The van der Waals surface area contributed by atoms with Crippen molar-refractivity contribution in [3.63, 3.8) is 0 Å². The second-order valence-electron chi connectivity index (χ2n) is 5.94. The molecule has 0 spiro atoms. The first-order valence-corrected chi connectivity index (χ1v) is 8.07. The fraction of sp³-hybridized carbons (Fsp3) is 0.316. The number of nitrogens with zero attached hydrogens (tertiary/aromatic N) is 1. The van der Waals surface area contributed by atoms with Crippen LogP contribution in [-0.4, -0.2) is 22.8 Å². The standard InChI is InChI=1S/C19H23N3O2/c1-5-14(4)20-18(23)16-7-6-8-17(22-16)19(24)21-15-10-9-12(2)13(3)11-15/h6-11,14H,5H2,1-4H3,(H,20,23)(H,21,24). The van der Waals surface area contributed by atoms with Crippen molar-refractivity contribution in [2.75, 3.05) is 5.32 Å². The highest BCUT2D eigenvalue weighted by Gasteiger charge is 2.14. The fourth-order valence-corrected chi connectivity index (χ4v) is 2.10. The molecule has 1 unspecified atom stereocenters. The summed E-state index contributed by atoms with van der Waals surface area (Å²) in [5, 5.41) is 5.65. The second kappa shape index (κ2) is 7.73. The van der Waals surface area contributed by atoms with E-state index in [1.165, 1.54) is 0 Å². The summed E-state index contributed by atoms with van der Waals surface area (Å²) in [5.74, 6) is -0.610. The Morgan fingerprint density at radius 1 is 1.04 bits per heavy atom. The van der Waals surface area contributed by atoms with Crippen molar-refractivity contribution in [1.82, 2.24) is 10.3 Å². The van der Waals surface area contributed by atoms with Crippen molar-refractivity contribution in [3.05, 3.63) is 58.9 Å². The minimum Gasteiger partial charge on any atom is -0.348 e. The van der Waals surface area contributed by atoms with E-state index in [4.69, 9.17) is 0 Å². The van der Waals surface area contributed by atoms with E-state index in [1.807, 2.05) is 45.9 Å². The first-order valence-electron chi connectivity index (χ1n) is 8.07. The Kier molecular flexibility index (Phi) is 5.68. The number of amides is 2. The van der Waals surface area contributed by atoms with Crippen LogP contribution >= 0.6 is 0 Å². The monoisotopic (exact) mass is 325 g/mol. The third-order valence-electron chi connectivity index (χ3n) is 3.97. The van der Waals surface area contributed by atoms with Gasteiger partial charge in [-0.3, -0.25) is 9.59 Å². The van der Waals surface area contributed by atoms with E-state index in [1.54, 1.807) is 18.2 Å². The molecule has 0 bridgehead atoms. The van der Waals surface area contributed by atoms with Crippen LogP contribution in [0.2, 0.25) is 0 Å². The summed E-state index contributed by atoms with van der Waals surface area (Å²) in [4.78, 5) is 28.7. The Morgan fingerprint density at radius 2 is 1.71 bits per heavy atom. The number of aromatic nitrogens is 1. The van der Waals surface area contributed by atoms with Crippen LogP contribution in [0, 0.1) is 13.8 Å². The molecule has 2 rings (SSSR count). The molecule has 0 aliphatic heterocycles. The molecule has 1 aromatic heterocycles. The highest BCUT2D eigenvalue weighted by Crippen LogP contribution is 2.15. The summed E-state index contributed by atoms with van der Waals surface area (Å²) in [7, 11) is 0. The lowest BCUT2D eigenvalue weighted by atomic mass is 10.1. The van der Waals surface area contributed by atoms with E-state index >= 15 is 0 Å². The van der Waals surface area contributed by atoms with Gasteiger partial charge in [0.15, 0.2) is 0 Å². The molecule has 0 saturated heterocycles. The molecule has 1 aromatic carbocycles. The number of rotatable bonds is 5. The third kappa shape index (κ3) is 4.41. The summed E-state index contributed by atoms with van der Waals surface area (Å²) >= 11 is 0. The molecule has 0 radical (unpaired) electrons. The summed E-state index contributed by atoms with van der Waals surface area (Å²) in [6, 6.07) is 10.6. The molecule has 1 atom stereocenters. The molecule has 0 aliphatic rings. The molecule has 2 amide bonds. The predicted octanol–water partition coefficient (Wildman–Crippen LogP) is 3.48. The number of carbonyl (C=O) groups excluding carboxylic acids is 2. The summed E-state index contributed by atoms with van der Waals surface area (Å²) < 4.78 is 0. The molecular formula is C19H23N3O2. The number of nitrogens with one attached hydrogen (secondary N) is 2. The van der Waals surface area contributed by atoms with Crippen LogP contribution in [0.5, 0.6) is 0 Å². The van der Waals surface area contributed by atoms with Crippen molar-refractivity contribution in [2.45, 2.75) is 40.2 Å². The number of benzene rings is 1. The lowest BCUT2D eigenvalue weighted by molar-refractivity contribution is 0.0934. The molecule has 126 valence electrons. The quantitative estimate of drug-likeness (QED) is 0.884. The maximum absolute atomic E-state index is 12.4. The second-order valence-corrected chi connectivity index (χ2v) is 5.94. The average molecular weight is 325 g/mol. The first-order chi connectivity index (χ1) is 11.4. The van der Waals surface area contributed by atoms with E-state index < -0.39 is 0 Å². The Balaban J connectivity index is 2.13. The van der Waals surface area contributed by atoms with Crippen LogP contribution in [0.4, 0.5) is 5.69 Å². The molecule has 2 aromatic rings. The fourth-order valence-electron chi connectivity index (χ4n) is 2.10. The maximum Gasteiger partial charge on any atom is 0.274 e. The number of anilines is 1. The van der Waals surface area contributed by atoms with Gasteiger partial charge in [-0.05, 0) is 62.6 Å². The number of hydrogen-bond donors (Lipinski definition) is 2. The van der Waals surface area contributed by atoms with Gasteiger partial charge >= 0.3 is 0 Å². The largest absolute Gasteiger partial charge is 0.348 e. The zero-order valence-electron chi connectivity index (χ0n) is 14.5. The Hall–Kier alpha value is -2.69. The normalized spacial score (nSPS) is 11.7. The van der Waals surface area contributed by atoms with Gasteiger partial charge in [0.05, 0.1) is 0 Å². The van der Waals surface area contributed by atoms with Crippen molar-refractivity contribution in [3.8, 4) is 0 Å². The smallest absolute Gasteiger partial charge is 0.274 e. The Morgan fingerprint density at radius 3 is 2.33 bits per heavy atom. The first kappa shape index (κ1) is 17.7. The highest BCUT2D eigenvalue weighted by atomic mass is 16.2. The Bertz CT molecular complexity index is 756. The lowest BCUT2D eigenvalue weighted by Crippen LogP contribution is -2.32. The molecule has 0 fully saturated rings. The van der Waals surface area contributed by atoms with Gasteiger partial charge in [-0.2, -0.15) is 0 Å². The number of pyridine rings is 1. The molecule has 5 heteroatoms. The van der Waals surface area contributed by atoms with Crippen molar-refractivity contribution in [2.24, 2.45) is 0 Å². The number of hydrogen-bond acceptors (Lipinski definition) is 3. The van der Waals surface area contributed by atoms with Gasteiger partial charge in [0.1, 0.15) is 11.4 Å². The van der Waals surface area contributed by atoms with E-state index in [0.717, 1.165) is 17.5 Å². The van der Waals surface area contributed by atoms with Crippen LogP contribution in [0.1, 0.15) is 52.4 Å². The minimum atomic E-state index is -0.337. The van der Waals surface area contributed by atoms with E-state index in [-0.39, 0.29) is 29.2 Å². The highest BCUT2D eigenvalue weighted by molar-refractivity contribution is 6.03. The van der Waals surface area contributed by atoms with Gasteiger partial charge in [-0.15, -0.1) is 0 Å². The summed E-state index contributed by atoms with van der Waals surface area (Å²) in [6.07, 6.45) is 0.832. The zero-order chi connectivity index (χ0) is 17.7. The van der Waals surface area contributed by atoms with E-state index in [0.29, 0.717) is 5.69 Å². The zero-order valence-corrected chi connectivity index (χ0v) is 14.5. The number of aryl methyl sites for hydroxylation is 2. The Labute approximate surface area is 142 Å². The van der Waals surface area contributed by atoms with E-state index in [9.17, 15) is 9.59 Å². The van der Waals surface area contributed by atoms with Crippen molar-refractivity contribution >= 4 is 17.5 Å². The van der Waals surface area contributed by atoms with Crippen LogP contribution in [0.3, 0.4) is 0 Å². The molecular weight excluding hydrogens is 302 g/mol. The van der Waals surface area contributed by atoms with E-state index in [2.05, 4.69) is 15.6 Å². The van der Waals surface area contributed by atoms with Gasteiger partial charge in [-0.1, -0.05) is 19.1 Å². The van der Waals surface area contributed by atoms with Crippen LogP contribution in [0.25, 0.3) is 0 Å². The topological polar surface area (TPSA) is 71.1 Å².